The Morgan fingerprint density at radius 1 is 1.09 bits per heavy atom. The first-order valence-electron chi connectivity index (χ1n) is 10.9. The molecule has 1 aromatic heterocycles. The van der Waals surface area contributed by atoms with Crippen LogP contribution in [0, 0.1) is 23.1 Å². The van der Waals surface area contributed by atoms with Crippen LogP contribution in [-0.2, 0) is 11.0 Å². The van der Waals surface area contributed by atoms with Crippen molar-refractivity contribution < 1.29 is 22.4 Å². The van der Waals surface area contributed by atoms with Crippen LogP contribution in [0.15, 0.2) is 60.9 Å². The number of hydrogen-bond acceptors (Lipinski definition) is 3. The Bertz CT molecular complexity index is 1230. The second-order valence-electron chi connectivity index (χ2n) is 8.40. The number of hydrogen-bond donors (Lipinski definition) is 1. The lowest BCUT2D eigenvalue weighted by molar-refractivity contribution is -0.137. The number of pyridine rings is 1. The van der Waals surface area contributed by atoms with Gasteiger partial charge in [0.25, 0.3) is 0 Å². The molecule has 1 fully saturated rings. The molecule has 3 aromatic rings. The van der Waals surface area contributed by atoms with Crippen molar-refractivity contribution in [3.63, 3.8) is 0 Å². The summed E-state index contributed by atoms with van der Waals surface area (Å²) in [5, 5.41) is 11.8. The smallest absolute Gasteiger partial charge is 0.323 e. The van der Waals surface area contributed by atoms with Crippen LogP contribution in [-0.4, -0.2) is 10.9 Å². The van der Waals surface area contributed by atoms with Crippen molar-refractivity contribution in [2.75, 3.05) is 5.32 Å². The van der Waals surface area contributed by atoms with Gasteiger partial charge >= 0.3 is 6.18 Å². The predicted octanol–water partition coefficient (Wildman–Crippen LogP) is 6.69. The number of carbonyl (C=O) groups excluding carboxylic acids is 1. The largest absolute Gasteiger partial charge is 0.416 e. The van der Waals surface area contributed by atoms with Crippen molar-refractivity contribution in [1.29, 1.82) is 5.26 Å². The molecule has 1 saturated carbocycles. The minimum absolute atomic E-state index is 0.125. The molecule has 0 radical (unpaired) electrons. The second kappa shape index (κ2) is 9.64. The topological polar surface area (TPSA) is 65.8 Å². The Hall–Kier alpha value is -3.73. The summed E-state index contributed by atoms with van der Waals surface area (Å²) >= 11 is 0. The van der Waals surface area contributed by atoms with Gasteiger partial charge in [-0.15, -0.1) is 0 Å². The highest BCUT2D eigenvalue weighted by Crippen LogP contribution is 2.38. The van der Waals surface area contributed by atoms with E-state index >= 15 is 0 Å². The molecule has 4 nitrogen and oxygen atoms in total. The molecule has 1 heterocycles. The van der Waals surface area contributed by atoms with Gasteiger partial charge in [0.1, 0.15) is 5.82 Å². The van der Waals surface area contributed by atoms with Gasteiger partial charge < -0.3 is 5.32 Å². The molecule has 174 valence electrons. The lowest BCUT2D eigenvalue weighted by atomic mass is 9.77. The van der Waals surface area contributed by atoms with Gasteiger partial charge in [-0.05, 0) is 60.6 Å². The average molecular weight is 467 g/mol. The number of nitrogens with zero attached hydrogens (tertiary/aromatic N) is 2. The molecule has 1 N–H and O–H groups in total. The molecule has 0 spiro atoms. The van der Waals surface area contributed by atoms with Gasteiger partial charge in [-0.3, -0.25) is 9.78 Å². The van der Waals surface area contributed by atoms with Gasteiger partial charge in [-0.1, -0.05) is 30.7 Å². The summed E-state index contributed by atoms with van der Waals surface area (Å²) in [6.45, 7) is 0. The first-order chi connectivity index (χ1) is 16.3. The Morgan fingerprint density at radius 3 is 2.53 bits per heavy atom. The number of halogens is 4. The van der Waals surface area contributed by atoms with Gasteiger partial charge in [0.2, 0.25) is 5.91 Å². The first-order valence-corrected chi connectivity index (χ1v) is 10.9. The van der Waals surface area contributed by atoms with Crippen molar-refractivity contribution in [2.45, 2.75) is 37.8 Å². The monoisotopic (exact) mass is 467 g/mol. The van der Waals surface area contributed by atoms with Crippen LogP contribution in [0.1, 0.15) is 48.3 Å². The van der Waals surface area contributed by atoms with E-state index in [0.29, 0.717) is 24.5 Å². The fourth-order valence-corrected chi connectivity index (χ4v) is 4.42. The Balaban J connectivity index is 1.44. The quantitative estimate of drug-likeness (QED) is 0.435. The van der Waals surface area contributed by atoms with Crippen LogP contribution in [0.3, 0.4) is 0 Å². The van der Waals surface area contributed by atoms with E-state index in [-0.39, 0.29) is 17.5 Å². The highest BCUT2D eigenvalue weighted by molar-refractivity contribution is 5.92. The molecule has 1 amide bonds. The Kier molecular flexibility index (Phi) is 6.64. The first kappa shape index (κ1) is 23.4. The molecule has 2 atom stereocenters. The van der Waals surface area contributed by atoms with Crippen LogP contribution in [0.2, 0.25) is 0 Å². The third kappa shape index (κ3) is 5.09. The van der Waals surface area contributed by atoms with Crippen LogP contribution >= 0.6 is 0 Å². The molecule has 8 heteroatoms. The number of rotatable bonds is 4. The summed E-state index contributed by atoms with van der Waals surface area (Å²) in [4.78, 5) is 16.8. The lowest BCUT2D eigenvalue weighted by Gasteiger charge is -2.29. The van der Waals surface area contributed by atoms with Gasteiger partial charge in [0.15, 0.2) is 0 Å². The molecule has 2 unspecified atom stereocenters. The highest BCUT2D eigenvalue weighted by atomic mass is 19.4. The van der Waals surface area contributed by atoms with Crippen LogP contribution in [0.5, 0.6) is 0 Å². The number of nitrogens with one attached hydrogen (secondary N) is 1. The fourth-order valence-electron chi connectivity index (χ4n) is 4.42. The third-order valence-corrected chi connectivity index (χ3v) is 6.23. The van der Waals surface area contributed by atoms with Gasteiger partial charge in [0.05, 0.1) is 22.9 Å². The van der Waals surface area contributed by atoms with Crippen molar-refractivity contribution in [1.82, 2.24) is 4.98 Å². The maximum absolute atomic E-state index is 14.1. The molecule has 0 aliphatic heterocycles. The van der Waals surface area contributed by atoms with E-state index in [0.717, 1.165) is 41.7 Å². The van der Waals surface area contributed by atoms with Gasteiger partial charge in [-0.2, -0.15) is 18.4 Å². The van der Waals surface area contributed by atoms with E-state index in [1.807, 2.05) is 24.3 Å². The summed E-state index contributed by atoms with van der Waals surface area (Å²) in [5.74, 6) is -1.75. The predicted molar refractivity (Wildman–Crippen MR) is 119 cm³/mol. The minimum atomic E-state index is -4.65. The maximum atomic E-state index is 14.1. The van der Waals surface area contributed by atoms with Gasteiger partial charge in [0, 0.05) is 23.9 Å². The van der Waals surface area contributed by atoms with Crippen molar-refractivity contribution in [3.8, 4) is 17.2 Å². The van der Waals surface area contributed by atoms with Gasteiger partial charge in [-0.25, -0.2) is 4.39 Å². The molecule has 0 saturated heterocycles. The molecule has 34 heavy (non-hydrogen) atoms. The summed E-state index contributed by atoms with van der Waals surface area (Å²) in [6.07, 6.45) is 1.46. The lowest BCUT2D eigenvalue weighted by Crippen LogP contribution is -2.28. The van der Waals surface area contributed by atoms with E-state index in [4.69, 9.17) is 0 Å². The number of alkyl halides is 3. The zero-order chi connectivity index (χ0) is 24.3. The van der Waals surface area contributed by atoms with E-state index in [1.54, 1.807) is 18.5 Å². The maximum Gasteiger partial charge on any atom is 0.416 e. The Labute approximate surface area is 194 Å². The molecule has 4 rings (SSSR count). The molecular weight excluding hydrogens is 446 g/mol. The number of anilines is 1. The SMILES string of the molecule is N#Cc1ccncc1-c1ccc(C2CCCC(C(=O)Nc3ccc(C(F)(F)F)cc3F)C2)cc1. The molecule has 2 aromatic carbocycles. The van der Waals surface area contributed by atoms with Crippen molar-refractivity contribution in [3.05, 3.63) is 83.4 Å². The Morgan fingerprint density at radius 2 is 1.85 bits per heavy atom. The summed E-state index contributed by atoms with van der Waals surface area (Å²) in [6, 6.07) is 13.7. The number of benzene rings is 2. The zero-order valence-electron chi connectivity index (χ0n) is 18.1. The van der Waals surface area contributed by atoms with E-state index in [1.165, 1.54) is 0 Å². The summed E-state index contributed by atoms with van der Waals surface area (Å²) < 4.78 is 52.4. The van der Waals surface area contributed by atoms with Crippen molar-refractivity contribution in [2.24, 2.45) is 5.92 Å². The number of aromatic nitrogens is 1. The molecule has 1 aliphatic carbocycles. The summed E-state index contributed by atoms with van der Waals surface area (Å²) in [7, 11) is 0. The van der Waals surface area contributed by atoms with Crippen molar-refractivity contribution >= 4 is 11.6 Å². The standard InChI is InChI=1S/C26H21F4N3O/c27-23-13-21(26(28,29)30)8-9-24(23)33-25(34)19-3-1-2-18(12-19)16-4-6-17(7-5-16)22-15-32-11-10-20(22)14-31/h4-11,13,15,18-19H,1-3,12H2,(H,33,34). The van der Waals surface area contributed by atoms with Crippen LogP contribution < -0.4 is 5.32 Å². The highest BCUT2D eigenvalue weighted by Gasteiger charge is 2.32. The van der Waals surface area contributed by atoms with E-state index < -0.39 is 23.5 Å². The zero-order valence-corrected chi connectivity index (χ0v) is 18.1. The minimum Gasteiger partial charge on any atom is -0.323 e. The fraction of sp³-hybridized carbons (Fsp3) is 0.269. The third-order valence-electron chi connectivity index (χ3n) is 6.23. The summed E-state index contributed by atoms with van der Waals surface area (Å²) in [5.41, 5.74) is 1.86. The molecular formula is C26H21F4N3O. The normalized spacial score (nSPS) is 18.2. The molecule has 0 bridgehead atoms. The van der Waals surface area contributed by atoms with E-state index in [2.05, 4.69) is 16.4 Å². The van der Waals surface area contributed by atoms with E-state index in [9.17, 15) is 27.6 Å². The second-order valence-corrected chi connectivity index (χ2v) is 8.40. The number of carbonyl (C=O) groups is 1. The van der Waals surface area contributed by atoms with Crippen LogP contribution in [0.25, 0.3) is 11.1 Å². The number of amides is 1. The molecule has 1 aliphatic rings. The van der Waals surface area contributed by atoms with Crippen LogP contribution in [0.4, 0.5) is 23.2 Å². The average Bonchev–Trinajstić information content (AvgIpc) is 2.84. The number of nitriles is 1.